The molecular formula is C30H26N4O3S2. The molecular weight excluding hydrogens is 528 g/mol. The van der Waals surface area contributed by atoms with E-state index < -0.39 is 11.2 Å². The third-order valence-corrected chi connectivity index (χ3v) is 7.14. The summed E-state index contributed by atoms with van der Waals surface area (Å²) in [5, 5.41) is 8.91. The second-order valence-electron chi connectivity index (χ2n) is 8.55. The maximum absolute atomic E-state index is 13.5. The monoisotopic (exact) mass is 554 g/mol. The highest BCUT2D eigenvalue weighted by molar-refractivity contribution is 8.00. The molecule has 9 heteroatoms. The molecule has 0 aliphatic heterocycles. The van der Waals surface area contributed by atoms with E-state index in [0.29, 0.717) is 16.4 Å². The molecule has 1 unspecified atom stereocenters. The molecule has 0 radical (unpaired) electrons. The quantitative estimate of drug-likeness (QED) is 0.110. The normalized spacial score (nSPS) is 11.2. The second-order valence-corrected chi connectivity index (χ2v) is 10.1. The van der Waals surface area contributed by atoms with Crippen molar-refractivity contribution in [2.75, 3.05) is 16.0 Å². The van der Waals surface area contributed by atoms with Crippen LogP contribution in [0.15, 0.2) is 108 Å². The molecule has 39 heavy (non-hydrogen) atoms. The van der Waals surface area contributed by atoms with Crippen LogP contribution in [0.4, 0.5) is 17.1 Å². The first kappa shape index (κ1) is 27.6. The third kappa shape index (κ3) is 7.53. The van der Waals surface area contributed by atoms with E-state index in [1.807, 2.05) is 54.6 Å². The van der Waals surface area contributed by atoms with Gasteiger partial charge in [-0.2, -0.15) is 0 Å². The fourth-order valence-corrected chi connectivity index (χ4v) is 5.09. The molecule has 4 rings (SSSR count). The van der Waals surface area contributed by atoms with Gasteiger partial charge in [0.2, 0.25) is 5.91 Å². The van der Waals surface area contributed by atoms with Gasteiger partial charge in [-0.25, -0.2) is 0 Å². The third-order valence-electron chi connectivity index (χ3n) is 5.69. The zero-order valence-electron chi connectivity index (χ0n) is 21.0. The van der Waals surface area contributed by atoms with Gasteiger partial charge in [0.05, 0.1) is 11.3 Å². The number of amides is 2. The standard InChI is InChI=1S/C30H26N4O3S2/c1-19(35)20-14-16-22(17-15-20)32-30(38)33-23-10-7-11-24(18-23)39-27(21-8-3-2-4-9-21)29(37)34-26-13-6-5-12-25(26)28(31)36/h2-18,27H,1H3,(H2,31,36)(H,34,37)(H2,32,33,38). The molecule has 0 fully saturated rings. The fraction of sp³-hybridized carbons (Fsp3) is 0.0667. The van der Waals surface area contributed by atoms with E-state index in [9.17, 15) is 14.4 Å². The van der Waals surface area contributed by atoms with Crippen LogP contribution in [0.25, 0.3) is 0 Å². The first-order valence-electron chi connectivity index (χ1n) is 12.0. The van der Waals surface area contributed by atoms with Crippen LogP contribution < -0.4 is 21.7 Å². The molecule has 2 amide bonds. The molecule has 7 nitrogen and oxygen atoms in total. The summed E-state index contributed by atoms with van der Waals surface area (Å²) >= 11 is 6.83. The van der Waals surface area contributed by atoms with Crippen LogP contribution in [-0.4, -0.2) is 22.7 Å². The van der Waals surface area contributed by atoms with Gasteiger partial charge >= 0.3 is 0 Å². The Hall–Kier alpha value is -4.47. The van der Waals surface area contributed by atoms with Gasteiger partial charge in [0.25, 0.3) is 5.91 Å². The average Bonchev–Trinajstić information content (AvgIpc) is 2.93. The smallest absolute Gasteiger partial charge is 0.250 e. The largest absolute Gasteiger partial charge is 0.366 e. The van der Waals surface area contributed by atoms with Gasteiger partial charge < -0.3 is 21.7 Å². The van der Waals surface area contributed by atoms with Crippen molar-refractivity contribution >= 4 is 63.8 Å². The number of thiocarbonyl (C=S) groups is 1. The Labute approximate surface area is 236 Å². The first-order chi connectivity index (χ1) is 18.8. The maximum atomic E-state index is 13.5. The average molecular weight is 555 g/mol. The van der Waals surface area contributed by atoms with Crippen LogP contribution in [0, 0.1) is 0 Å². The molecule has 4 aromatic carbocycles. The SMILES string of the molecule is CC(=O)c1ccc(NC(=S)Nc2cccc(SC(C(=O)Nc3ccccc3C(N)=O)c3ccccc3)c2)cc1. The van der Waals surface area contributed by atoms with E-state index in [1.54, 1.807) is 48.5 Å². The first-order valence-corrected chi connectivity index (χ1v) is 13.3. The highest BCUT2D eigenvalue weighted by Crippen LogP contribution is 2.37. The predicted molar refractivity (Wildman–Crippen MR) is 161 cm³/mol. The molecule has 0 aliphatic carbocycles. The number of carbonyl (C=O) groups is 3. The Morgan fingerprint density at radius 1 is 0.769 bits per heavy atom. The number of anilines is 3. The number of rotatable bonds is 9. The van der Waals surface area contributed by atoms with Crippen molar-refractivity contribution < 1.29 is 14.4 Å². The van der Waals surface area contributed by atoms with Crippen LogP contribution in [0.2, 0.25) is 0 Å². The molecule has 5 N–H and O–H groups in total. The Morgan fingerprint density at radius 2 is 1.44 bits per heavy atom. The van der Waals surface area contributed by atoms with E-state index in [0.717, 1.165) is 21.8 Å². The molecule has 0 saturated heterocycles. The fourth-order valence-electron chi connectivity index (χ4n) is 3.77. The van der Waals surface area contributed by atoms with Crippen LogP contribution in [0.5, 0.6) is 0 Å². The summed E-state index contributed by atoms with van der Waals surface area (Å²) in [6, 6.07) is 30.7. The van der Waals surface area contributed by atoms with Gasteiger partial charge in [0, 0.05) is 21.8 Å². The van der Waals surface area contributed by atoms with Crippen LogP contribution in [0.1, 0.15) is 38.5 Å². The van der Waals surface area contributed by atoms with Gasteiger partial charge in [-0.15, -0.1) is 11.8 Å². The summed E-state index contributed by atoms with van der Waals surface area (Å²) in [4.78, 5) is 37.6. The molecule has 0 heterocycles. The van der Waals surface area contributed by atoms with Crippen LogP contribution in [0.3, 0.4) is 0 Å². The summed E-state index contributed by atoms with van der Waals surface area (Å²) in [5.74, 6) is -0.909. The highest BCUT2D eigenvalue weighted by atomic mass is 32.2. The molecule has 0 spiro atoms. The number of thioether (sulfide) groups is 1. The van der Waals surface area contributed by atoms with Crippen molar-refractivity contribution in [2.45, 2.75) is 17.1 Å². The van der Waals surface area contributed by atoms with Crippen LogP contribution >= 0.6 is 24.0 Å². The number of Topliss-reactive ketones (excluding diaryl/α,β-unsaturated/α-hetero) is 1. The zero-order valence-corrected chi connectivity index (χ0v) is 22.6. The molecule has 0 saturated carbocycles. The lowest BCUT2D eigenvalue weighted by Gasteiger charge is -2.19. The molecule has 0 aromatic heterocycles. The molecule has 0 aliphatic rings. The lowest BCUT2D eigenvalue weighted by molar-refractivity contribution is -0.115. The summed E-state index contributed by atoms with van der Waals surface area (Å²) in [5.41, 5.74) is 9.02. The minimum atomic E-state index is -0.618. The Bertz CT molecular complexity index is 1510. The molecule has 1 atom stereocenters. The number of para-hydroxylation sites is 1. The number of primary amides is 1. The molecule has 196 valence electrons. The second kappa shape index (κ2) is 12.9. The van der Waals surface area contributed by atoms with Crippen LogP contribution in [-0.2, 0) is 4.79 Å². The lowest BCUT2D eigenvalue weighted by atomic mass is 10.1. The topological polar surface area (TPSA) is 113 Å². The number of nitrogens with one attached hydrogen (secondary N) is 3. The maximum Gasteiger partial charge on any atom is 0.250 e. The Balaban J connectivity index is 1.50. The summed E-state index contributed by atoms with van der Waals surface area (Å²) in [6.45, 7) is 1.52. The van der Waals surface area contributed by atoms with Gasteiger partial charge in [0.15, 0.2) is 10.9 Å². The predicted octanol–water partition coefficient (Wildman–Crippen LogP) is 6.27. The summed E-state index contributed by atoms with van der Waals surface area (Å²) in [6.07, 6.45) is 0. The van der Waals surface area contributed by atoms with Crippen molar-refractivity contribution in [1.82, 2.24) is 0 Å². The highest BCUT2D eigenvalue weighted by Gasteiger charge is 2.23. The Kier molecular flexibility index (Phi) is 9.09. The van der Waals surface area contributed by atoms with E-state index in [2.05, 4.69) is 16.0 Å². The van der Waals surface area contributed by atoms with Gasteiger partial charge in [-0.05, 0) is 79.3 Å². The van der Waals surface area contributed by atoms with Crippen molar-refractivity contribution in [3.63, 3.8) is 0 Å². The van der Waals surface area contributed by atoms with Gasteiger partial charge in [0.1, 0.15) is 5.25 Å². The van der Waals surface area contributed by atoms with Crippen molar-refractivity contribution in [2.24, 2.45) is 5.73 Å². The summed E-state index contributed by atoms with van der Waals surface area (Å²) in [7, 11) is 0. The minimum Gasteiger partial charge on any atom is -0.366 e. The van der Waals surface area contributed by atoms with Gasteiger partial charge in [-0.3, -0.25) is 14.4 Å². The lowest BCUT2D eigenvalue weighted by Crippen LogP contribution is -2.22. The van der Waals surface area contributed by atoms with Gasteiger partial charge in [-0.1, -0.05) is 48.5 Å². The molecule has 0 bridgehead atoms. The number of carbonyl (C=O) groups excluding carboxylic acids is 3. The van der Waals surface area contributed by atoms with E-state index >= 15 is 0 Å². The number of ketones is 1. The number of hydrogen-bond acceptors (Lipinski definition) is 5. The number of hydrogen-bond donors (Lipinski definition) is 4. The minimum absolute atomic E-state index is 0.00358. The van der Waals surface area contributed by atoms with Crippen molar-refractivity contribution in [3.8, 4) is 0 Å². The number of benzene rings is 4. The van der Waals surface area contributed by atoms with E-state index in [-0.39, 0.29) is 17.3 Å². The van der Waals surface area contributed by atoms with E-state index in [4.69, 9.17) is 18.0 Å². The van der Waals surface area contributed by atoms with Crippen molar-refractivity contribution in [1.29, 1.82) is 0 Å². The van der Waals surface area contributed by atoms with Crippen molar-refractivity contribution in [3.05, 3.63) is 120 Å². The summed E-state index contributed by atoms with van der Waals surface area (Å²) < 4.78 is 0. The van der Waals surface area contributed by atoms with E-state index in [1.165, 1.54) is 18.7 Å². The Morgan fingerprint density at radius 3 is 2.13 bits per heavy atom. The molecule has 4 aromatic rings. The zero-order chi connectivity index (χ0) is 27.8. The number of nitrogens with two attached hydrogens (primary N) is 1.